The van der Waals surface area contributed by atoms with Crippen molar-refractivity contribution in [2.24, 2.45) is 11.8 Å². The summed E-state index contributed by atoms with van der Waals surface area (Å²) < 4.78 is 0. The summed E-state index contributed by atoms with van der Waals surface area (Å²) >= 11 is 0. The first-order valence-electron chi connectivity index (χ1n) is 8.23. The van der Waals surface area contributed by atoms with Gasteiger partial charge in [0.15, 0.2) is 0 Å². The number of hydrogen-bond donors (Lipinski definition) is 1. The maximum Gasteiger partial charge on any atom is 0.00672 e. The molecule has 2 fully saturated rings. The SMILES string of the molecule is CCN1CCC(CNC2CCCC(C)CC2)CC1. The molecule has 1 aliphatic carbocycles. The van der Waals surface area contributed by atoms with Crippen LogP contribution in [-0.4, -0.2) is 37.1 Å². The Labute approximate surface area is 114 Å². The molecule has 1 aliphatic heterocycles. The van der Waals surface area contributed by atoms with Gasteiger partial charge in [-0.3, -0.25) is 0 Å². The minimum atomic E-state index is 0.819. The van der Waals surface area contributed by atoms with Crippen molar-refractivity contribution in [1.82, 2.24) is 10.2 Å². The second-order valence-corrected chi connectivity index (χ2v) is 6.60. The van der Waals surface area contributed by atoms with Crippen molar-refractivity contribution in [2.45, 2.75) is 64.8 Å². The van der Waals surface area contributed by atoms with Gasteiger partial charge in [-0.2, -0.15) is 0 Å². The highest BCUT2D eigenvalue weighted by Gasteiger charge is 2.20. The van der Waals surface area contributed by atoms with E-state index in [0.717, 1.165) is 17.9 Å². The van der Waals surface area contributed by atoms with Gasteiger partial charge in [-0.15, -0.1) is 0 Å². The Balaban J connectivity index is 1.62. The minimum Gasteiger partial charge on any atom is -0.314 e. The zero-order valence-electron chi connectivity index (χ0n) is 12.5. The molecule has 1 saturated carbocycles. The molecule has 0 spiro atoms. The molecule has 0 aromatic heterocycles. The summed E-state index contributed by atoms with van der Waals surface area (Å²) in [6.45, 7) is 9.86. The maximum atomic E-state index is 3.87. The molecule has 2 unspecified atom stereocenters. The van der Waals surface area contributed by atoms with E-state index < -0.39 is 0 Å². The van der Waals surface area contributed by atoms with Crippen molar-refractivity contribution < 1.29 is 0 Å². The Kier molecular flexibility index (Phi) is 5.97. The Bertz CT molecular complexity index is 221. The molecule has 2 aliphatic rings. The van der Waals surface area contributed by atoms with Gasteiger partial charge in [-0.05, 0) is 70.1 Å². The fourth-order valence-corrected chi connectivity index (χ4v) is 3.53. The smallest absolute Gasteiger partial charge is 0.00672 e. The Morgan fingerprint density at radius 3 is 2.50 bits per heavy atom. The lowest BCUT2D eigenvalue weighted by molar-refractivity contribution is 0.186. The van der Waals surface area contributed by atoms with Crippen molar-refractivity contribution in [2.75, 3.05) is 26.2 Å². The topological polar surface area (TPSA) is 15.3 Å². The van der Waals surface area contributed by atoms with Gasteiger partial charge in [0.25, 0.3) is 0 Å². The number of piperidine rings is 1. The molecule has 1 heterocycles. The molecule has 1 saturated heterocycles. The van der Waals surface area contributed by atoms with Crippen molar-refractivity contribution in [3.8, 4) is 0 Å². The summed E-state index contributed by atoms with van der Waals surface area (Å²) in [5, 5.41) is 3.87. The Hall–Kier alpha value is -0.0800. The van der Waals surface area contributed by atoms with Gasteiger partial charge in [0.1, 0.15) is 0 Å². The molecule has 1 N–H and O–H groups in total. The van der Waals surface area contributed by atoms with Crippen LogP contribution < -0.4 is 5.32 Å². The molecule has 0 amide bonds. The van der Waals surface area contributed by atoms with Crippen molar-refractivity contribution in [1.29, 1.82) is 0 Å². The third-order valence-corrected chi connectivity index (χ3v) is 5.11. The summed E-state index contributed by atoms with van der Waals surface area (Å²) in [5.74, 6) is 1.90. The molecule has 18 heavy (non-hydrogen) atoms. The molecule has 2 rings (SSSR count). The quantitative estimate of drug-likeness (QED) is 0.773. The molecule has 0 aromatic rings. The standard InChI is InChI=1S/C16H32N2/c1-3-18-11-9-15(10-12-18)13-17-16-6-4-5-14(2)7-8-16/h14-17H,3-13H2,1-2H3. The van der Waals surface area contributed by atoms with Gasteiger partial charge < -0.3 is 10.2 Å². The van der Waals surface area contributed by atoms with Gasteiger partial charge in [0, 0.05) is 6.04 Å². The van der Waals surface area contributed by atoms with Crippen LogP contribution in [0.5, 0.6) is 0 Å². The highest BCUT2D eigenvalue weighted by molar-refractivity contribution is 4.77. The minimum absolute atomic E-state index is 0.819. The van der Waals surface area contributed by atoms with E-state index >= 15 is 0 Å². The molecular formula is C16H32N2. The summed E-state index contributed by atoms with van der Waals surface area (Å²) in [5.41, 5.74) is 0. The number of rotatable bonds is 4. The first-order chi connectivity index (χ1) is 8.78. The lowest BCUT2D eigenvalue weighted by atomic mass is 9.96. The van der Waals surface area contributed by atoms with E-state index in [0.29, 0.717) is 0 Å². The average molecular weight is 252 g/mol. The molecule has 2 heteroatoms. The zero-order chi connectivity index (χ0) is 12.8. The highest BCUT2D eigenvalue weighted by atomic mass is 15.1. The second-order valence-electron chi connectivity index (χ2n) is 6.60. The average Bonchev–Trinajstić information content (AvgIpc) is 2.62. The van der Waals surface area contributed by atoms with E-state index in [1.807, 2.05) is 0 Å². The van der Waals surface area contributed by atoms with E-state index in [-0.39, 0.29) is 0 Å². The second kappa shape index (κ2) is 7.49. The number of hydrogen-bond acceptors (Lipinski definition) is 2. The van der Waals surface area contributed by atoms with Crippen LogP contribution in [0.15, 0.2) is 0 Å². The van der Waals surface area contributed by atoms with Gasteiger partial charge >= 0.3 is 0 Å². The van der Waals surface area contributed by atoms with Gasteiger partial charge in [-0.1, -0.05) is 26.7 Å². The van der Waals surface area contributed by atoms with Crippen LogP contribution in [0, 0.1) is 11.8 Å². The van der Waals surface area contributed by atoms with Crippen LogP contribution in [0.3, 0.4) is 0 Å². The predicted molar refractivity (Wildman–Crippen MR) is 78.9 cm³/mol. The van der Waals surface area contributed by atoms with E-state index in [9.17, 15) is 0 Å². The summed E-state index contributed by atoms with van der Waals surface area (Å²) in [4.78, 5) is 2.59. The molecule has 2 atom stereocenters. The molecule has 106 valence electrons. The van der Waals surface area contributed by atoms with Crippen LogP contribution >= 0.6 is 0 Å². The summed E-state index contributed by atoms with van der Waals surface area (Å²) in [7, 11) is 0. The number of likely N-dealkylation sites (tertiary alicyclic amines) is 1. The maximum absolute atomic E-state index is 3.87. The third-order valence-electron chi connectivity index (χ3n) is 5.11. The molecule has 0 aromatic carbocycles. The third kappa shape index (κ3) is 4.55. The van der Waals surface area contributed by atoms with Gasteiger partial charge in [0.2, 0.25) is 0 Å². The summed E-state index contributed by atoms with van der Waals surface area (Å²) in [6, 6.07) is 0.819. The highest BCUT2D eigenvalue weighted by Crippen LogP contribution is 2.23. The van der Waals surface area contributed by atoms with E-state index in [1.165, 1.54) is 71.1 Å². The van der Waals surface area contributed by atoms with Gasteiger partial charge in [-0.25, -0.2) is 0 Å². The molecular weight excluding hydrogens is 220 g/mol. The normalized spacial score (nSPS) is 32.3. The lowest BCUT2D eigenvalue weighted by Gasteiger charge is -2.32. The molecule has 2 nitrogen and oxygen atoms in total. The largest absolute Gasteiger partial charge is 0.314 e. The van der Waals surface area contributed by atoms with Crippen LogP contribution in [0.2, 0.25) is 0 Å². The van der Waals surface area contributed by atoms with Gasteiger partial charge in [0.05, 0.1) is 0 Å². The monoisotopic (exact) mass is 252 g/mol. The van der Waals surface area contributed by atoms with Crippen LogP contribution in [-0.2, 0) is 0 Å². The Morgan fingerprint density at radius 1 is 1.00 bits per heavy atom. The summed E-state index contributed by atoms with van der Waals surface area (Å²) in [6.07, 6.45) is 9.97. The molecule has 0 bridgehead atoms. The Morgan fingerprint density at radius 2 is 1.78 bits per heavy atom. The van der Waals surface area contributed by atoms with Crippen LogP contribution in [0.1, 0.15) is 58.8 Å². The first-order valence-corrected chi connectivity index (χ1v) is 8.23. The predicted octanol–water partition coefficient (Wildman–Crippen LogP) is 3.28. The fraction of sp³-hybridized carbons (Fsp3) is 1.00. The van der Waals surface area contributed by atoms with Crippen LogP contribution in [0.25, 0.3) is 0 Å². The van der Waals surface area contributed by atoms with E-state index in [1.54, 1.807) is 0 Å². The zero-order valence-corrected chi connectivity index (χ0v) is 12.5. The van der Waals surface area contributed by atoms with E-state index in [4.69, 9.17) is 0 Å². The number of nitrogens with one attached hydrogen (secondary N) is 1. The number of nitrogens with zero attached hydrogens (tertiary/aromatic N) is 1. The van der Waals surface area contributed by atoms with Crippen LogP contribution in [0.4, 0.5) is 0 Å². The van der Waals surface area contributed by atoms with Crippen molar-refractivity contribution >= 4 is 0 Å². The lowest BCUT2D eigenvalue weighted by Crippen LogP contribution is -2.39. The van der Waals surface area contributed by atoms with Crippen molar-refractivity contribution in [3.05, 3.63) is 0 Å². The van der Waals surface area contributed by atoms with E-state index in [2.05, 4.69) is 24.1 Å². The first kappa shape index (κ1) is 14.3. The fourth-order valence-electron chi connectivity index (χ4n) is 3.53. The van der Waals surface area contributed by atoms with Crippen molar-refractivity contribution in [3.63, 3.8) is 0 Å². The molecule has 0 radical (unpaired) electrons.